The van der Waals surface area contributed by atoms with Crippen molar-refractivity contribution < 1.29 is 33.3 Å². The van der Waals surface area contributed by atoms with Crippen LogP contribution in [0.3, 0.4) is 0 Å². The molecule has 2 heterocycles. The van der Waals surface area contributed by atoms with Gasteiger partial charge in [-0.1, -0.05) is 41.9 Å². The van der Waals surface area contributed by atoms with Gasteiger partial charge >= 0.3 is 5.97 Å². The number of hydrogen-bond acceptors (Lipinski definition) is 8. The summed E-state index contributed by atoms with van der Waals surface area (Å²) >= 11 is 5.90. The van der Waals surface area contributed by atoms with E-state index >= 15 is 0 Å². The molecule has 0 bridgehead atoms. The number of fused-ring (bicyclic) bond motifs is 3. The van der Waals surface area contributed by atoms with Gasteiger partial charge in [0.1, 0.15) is 35.1 Å². The standard InChI is InChI=1S/C31H28ClFN2O6/c1-3-39-31(38)25-17(2)41-30-21-7-5-4-6-20(21)29(37)27(26(25)30)28(35-12-13-36)19-10-11-34-24(15-19)40-16-18-8-9-23(33)22(32)14-18/h4-11,14-15,28,35-37H,3,12-13,16H2,1-2H3. The Morgan fingerprint density at radius 1 is 1.17 bits per heavy atom. The van der Waals surface area contributed by atoms with Crippen LogP contribution in [0.25, 0.3) is 21.7 Å². The maximum Gasteiger partial charge on any atom is 0.342 e. The summed E-state index contributed by atoms with van der Waals surface area (Å²) in [5, 5.41) is 26.3. The highest BCUT2D eigenvalue weighted by molar-refractivity contribution is 6.30. The van der Waals surface area contributed by atoms with Crippen LogP contribution < -0.4 is 10.1 Å². The number of hydrogen-bond donors (Lipinski definition) is 3. The average molecular weight is 579 g/mol. The lowest BCUT2D eigenvalue weighted by Gasteiger charge is -2.23. The number of aliphatic hydroxyl groups excluding tert-OH is 1. The van der Waals surface area contributed by atoms with Crippen molar-refractivity contribution >= 4 is 39.3 Å². The van der Waals surface area contributed by atoms with E-state index in [2.05, 4.69) is 10.3 Å². The van der Waals surface area contributed by atoms with Crippen molar-refractivity contribution in [2.75, 3.05) is 19.8 Å². The van der Waals surface area contributed by atoms with Gasteiger partial charge in [-0.2, -0.15) is 0 Å². The van der Waals surface area contributed by atoms with Crippen LogP contribution in [-0.4, -0.2) is 40.9 Å². The number of halogens is 2. The van der Waals surface area contributed by atoms with Gasteiger partial charge in [0.15, 0.2) is 0 Å². The Balaban J connectivity index is 1.66. The Kier molecular flexibility index (Phi) is 8.39. The van der Waals surface area contributed by atoms with Gasteiger partial charge < -0.3 is 29.4 Å². The number of carbonyl (C=O) groups excluding carboxylic acids is 1. The van der Waals surface area contributed by atoms with E-state index in [1.807, 2.05) is 12.1 Å². The molecule has 41 heavy (non-hydrogen) atoms. The predicted octanol–water partition coefficient (Wildman–Crippen LogP) is 6.21. The first kappa shape index (κ1) is 28.4. The molecule has 0 saturated heterocycles. The zero-order valence-electron chi connectivity index (χ0n) is 22.4. The van der Waals surface area contributed by atoms with Gasteiger partial charge in [0.05, 0.1) is 24.3 Å². The zero-order chi connectivity index (χ0) is 29.1. The third kappa shape index (κ3) is 5.56. The van der Waals surface area contributed by atoms with E-state index < -0.39 is 17.8 Å². The van der Waals surface area contributed by atoms with Gasteiger partial charge in [-0.3, -0.25) is 0 Å². The summed E-state index contributed by atoms with van der Waals surface area (Å²) in [7, 11) is 0. The van der Waals surface area contributed by atoms with Crippen LogP contribution in [0.5, 0.6) is 11.6 Å². The average Bonchev–Trinajstić information content (AvgIpc) is 3.32. The van der Waals surface area contributed by atoms with E-state index in [1.165, 1.54) is 12.1 Å². The molecule has 1 unspecified atom stereocenters. The summed E-state index contributed by atoms with van der Waals surface area (Å²) in [6, 6.07) is 14.2. The Hall–Kier alpha value is -4.18. The minimum absolute atomic E-state index is 0.00955. The smallest absolute Gasteiger partial charge is 0.342 e. The Bertz CT molecular complexity index is 1740. The van der Waals surface area contributed by atoms with Crippen molar-refractivity contribution in [2.24, 2.45) is 0 Å². The van der Waals surface area contributed by atoms with E-state index in [0.717, 1.165) is 0 Å². The molecule has 0 aliphatic heterocycles. The number of phenols is 1. The molecule has 0 amide bonds. The van der Waals surface area contributed by atoms with Gasteiger partial charge in [0.2, 0.25) is 5.88 Å². The second-order valence-corrected chi connectivity index (χ2v) is 9.75. The van der Waals surface area contributed by atoms with Gasteiger partial charge in [-0.15, -0.1) is 0 Å². The van der Waals surface area contributed by atoms with E-state index in [0.29, 0.717) is 44.2 Å². The maximum absolute atomic E-state index is 13.6. The molecule has 10 heteroatoms. The van der Waals surface area contributed by atoms with E-state index in [1.54, 1.807) is 50.4 Å². The first-order chi connectivity index (χ1) is 19.8. The quantitative estimate of drug-likeness (QED) is 0.168. The summed E-state index contributed by atoms with van der Waals surface area (Å²) in [6.07, 6.45) is 1.55. The molecule has 0 aliphatic carbocycles. The molecule has 2 aromatic heterocycles. The summed E-state index contributed by atoms with van der Waals surface area (Å²) in [4.78, 5) is 17.4. The second-order valence-electron chi connectivity index (χ2n) is 9.34. The van der Waals surface area contributed by atoms with Gasteiger partial charge in [0, 0.05) is 40.5 Å². The molecule has 0 radical (unpaired) electrons. The fourth-order valence-electron chi connectivity index (χ4n) is 4.94. The molecule has 0 fully saturated rings. The first-order valence-electron chi connectivity index (χ1n) is 13.0. The minimum atomic E-state index is -0.718. The third-order valence-electron chi connectivity index (χ3n) is 6.73. The van der Waals surface area contributed by atoms with Crippen molar-refractivity contribution in [3.8, 4) is 11.6 Å². The summed E-state index contributed by atoms with van der Waals surface area (Å²) in [6.45, 7) is 3.64. The van der Waals surface area contributed by atoms with Crippen molar-refractivity contribution in [1.29, 1.82) is 0 Å². The summed E-state index contributed by atoms with van der Waals surface area (Å²) < 4.78 is 30.9. The lowest BCUT2D eigenvalue weighted by molar-refractivity contribution is 0.0526. The fourth-order valence-corrected chi connectivity index (χ4v) is 5.14. The van der Waals surface area contributed by atoms with Gasteiger partial charge in [-0.05, 0) is 43.2 Å². The van der Waals surface area contributed by atoms with E-state index in [-0.39, 0.29) is 48.6 Å². The summed E-state index contributed by atoms with van der Waals surface area (Å²) in [5.74, 6) is -0.517. The minimum Gasteiger partial charge on any atom is -0.507 e. The monoisotopic (exact) mass is 578 g/mol. The van der Waals surface area contributed by atoms with Crippen LogP contribution in [0.15, 0.2) is 65.2 Å². The van der Waals surface area contributed by atoms with Crippen LogP contribution in [-0.2, 0) is 11.3 Å². The van der Waals surface area contributed by atoms with E-state index in [9.17, 15) is 19.4 Å². The number of aromatic nitrogens is 1. The van der Waals surface area contributed by atoms with Crippen LogP contribution in [0, 0.1) is 12.7 Å². The molecule has 5 rings (SSSR count). The number of aromatic hydroxyl groups is 1. The molecule has 5 aromatic rings. The van der Waals surface area contributed by atoms with Crippen molar-refractivity contribution in [3.63, 3.8) is 0 Å². The highest BCUT2D eigenvalue weighted by Gasteiger charge is 2.31. The number of carbonyl (C=O) groups is 1. The second kappa shape index (κ2) is 12.1. The number of esters is 1. The highest BCUT2D eigenvalue weighted by Crippen LogP contribution is 2.45. The van der Waals surface area contributed by atoms with Crippen LogP contribution in [0.2, 0.25) is 5.02 Å². The Morgan fingerprint density at radius 2 is 1.95 bits per heavy atom. The molecular weight excluding hydrogens is 551 g/mol. The van der Waals surface area contributed by atoms with Crippen molar-refractivity contribution in [1.82, 2.24) is 10.3 Å². The molecule has 0 spiro atoms. The SMILES string of the molecule is CCOC(=O)c1c(C)oc2c1c(C(NCCO)c1ccnc(OCc3ccc(F)c(Cl)c3)c1)c(O)c1ccccc12. The number of aryl methyl sites for hydroxylation is 1. The zero-order valence-corrected chi connectivity index (χ0v) is 23.2. The molecule has 0 aliphatic rings. The number of ether oxygens (including phenoxy) is 2. The molecule has 212 valence electrons. The van der Waals surface area contributed by atoms with Crippen LogP contribution in [0.4, 0.5) is 4.39 Å². The number of phenolic OH excluding ortho intramolecular Hbond substituents is 1. The number of nitrogens with one attached hydrogen (secondary N) is 1. The number of benzene rings is 3. The normalized spacial score (nSPS) is 12.1. The Morgan fingerprint density at radius 3 is 2.68 bits per heavy atom. The molecule has 0 saturated carbocycles. The number of pyridine rings is 1. The number of furan rings is 1. The lowest BCUT2D eigenvalue weighted by Crippen LogP contribution is -2.26. The lowest BCUT2D eigenvalue weighted by atomic mass is 9.90. The molecule has 1 atom stereocenters. The largest absolute Gasteiger partial charge is 0.507 e. The van der Waals surface area contributed by atoms with Crippen LogP contribution >= 0.6 is 11.6 Å². The topological polar surface area (TPSA) is 114 Å². The fraction of sp³-hybridized carbons (Fsp3) is 0.226. The molecule has 3 aromatic carbocycles. The predicted molar refractivity (Wildman–Crippen MR) is 153 cm³/mol. The van der Waals surface area contributed by atoms with Crippen molar-refractivity contribution in [2.45, 2.75) is 26.5 Å². The van der Waals surface area contributed by atoms with E-state index in [4.69, 9.17) is 25.5 Å². The Labute approximate surface area is 240 Å². The van der Waals surface area contributed by atoms with Gasteiger partial charge in [0.25, 0.3) is 0 Å². The molecule has 3 N–H and O–H groups in total. The summed E-state index contributed by atoms with van der Waals surface area (Å²) in [5.41, 5.74) is 2.33. The van der Waals surface area contributed by atoms with Gasteiger partial charge in [-0.25, -0.2) is 14.2 Å². The number of nitrogens with zero attached hydrogens (tertiary/aromatic N) is 1. The highest BCUT2D eigenvalue weighted by atomic mass is 35.5. The first-order valence-corrected chi connectivity index (χ1v) is 13.4. The van der Waals surface area contributed by atoms with Crippen molar-refractivity contribution in [3.05, 3.63) is 99.6 Å². The molecule has 8 nitrogen and oxygen atoms in total. The maximum atomic E-state index is 13.6. The number of rotatable bonds is 10. The number of aliphatic hydroxyl groups is 1. The third-order valence-corrected chi connectivity index (χ3v) is 7.02. The van der Waals surface area contributed by atoms with Crippen LogP contribution in [0.1, 0.15) is 45.8 Å². The molecular formula is C31H28ClFN2O6.